The van der Waals surface area contributed by atoms with Crippen LogP contribution in [0, 0.1) is 12.8 Å². The molecule has 1 aromatic rings. The number of nitrogens with two attached hydrogens (primary N) is 1. The van der Waals surface area contributed by atoms with Crippen LogP contribution in [0.4, 0.5) is 11.4 Å². The minimum Gasteiger partial charge on any atom is -0.326 e. The lowest BCUT2D eigenvalue weighted by atomic mass is 9.85. The molecule has 0 heterocycles. The number of carbonyl (C=O) groups is 2. The summed E-state index contributed by atoms with van der Waals surface area (Å²) in [7, 11) is 0. The fourth-order valence-corrected chi connectivity index (χ4v) is 3.15. The highest BCUT2D eigenvalue weighted by Crippen LogP contribution is 2.27. The van der Waals surface area contributed by atoms with E-state index >= 15 is 0 Å². The van der Waals surface area contributed by atoms with Crippen LogP contribution in [0.1, 0.15) is 51.0 Å². The zero-order valence-electron chi connectivity index (χ0n) is 14.0. The van der Waals surface area contributed by atoms with Crippen molar-refractivity contribution in [3.63, 3.8) is 0 Å². The molecule has 0 radical (unpaired) electrons. The normalized spacial score (nSPS) is 16.7. The quantitative estimate of drug-likeness (QED) is 0.779. The molecule has 126 valence electrons. The second-order valence-corrected chi connectivity index (χ2v) is 6.55. The zero-order chi connectivity index (χ0) is 16.8. The van der Waals surface area contributed by atoms with Crippen molar-refractivity contribution in [1.82, 2.24) is 0 Å². The molecule has 0 saturated heterocycles. The largest absolute Gasteiger partial charge is 0.326 e. The van der Waals surface area contributed by atoms with Gasteiger partial charge in [-0.05, 0) is 37.0 Å². The predicted molar refractivity (Wildman–Crippen MR) is 93.3 cm³/mol. The second kappa shape index (κ2) is 8.11. The minimum absolute atomic E-state index is 0.139. The van der Waals surface area contributed by atoms with E-state index in [1.165, 1.54) is 39.0 Å². The first-order chi connectivity index (χ1) is 11.0. The van der Waals surface area contributed by atoms with Gasteiger partial charge < -0.3 is 16.4 Å². The van der Waals surface area contributed by atoms with E-state index in [1.807, 2.05) is 19.1 Å². The van der Waals surface area contributed by atoms with Gasteiger partial charge in [-0.15, -0.1) is 0 Å². The average Bonchev–Trinajstić information content (AvgIpc) is 2.51. The summed E-state index contributed by atoms with van der Waals surface area (Å²) in [5.74, 6) is 0.273. The van der Waals surface area contributed by atoms with Gasteiger partial charge in [0.15, 0.2) is 0 Å². The lowest BCUT2D eigenvalue weighted by molar-refractivity contribution is -0.118. The van der Waals surface area contributed by atoms with E-state index in [9.17, 15) is 9.59 Å². The summed E-state index contributed by atoms with van der Waals surface area (Å²) >= 11 is 0. The van der Waals surface area contributed by atoms with Crippen LogP contribution in [0.5, 0.6) is 0 Å². The van der Waals surface area contributed by atoms with E-state index in [0.717, 1.165) is 12.0 Å². The predicted octanol–water partition coefficient (Wildman–Crippen LogP) is 3.19. The van der Waals surface area contributed by atoms with Crippen molar-refractivity contribution >= 4 is 23.2 Å². The van der Waals surface area contributed by atoms with Crippen LogP contribution >= 0.6 is 0 Å². The third-order valence-corrected chi connectivity index (χ3v) is 4.46. The molecule has 23 heavy (non-hydrogen) atoms. The molecule has 2 rings (SSSR count). The monoisotopic (exact) mass is 317 g/mol. The lowest BCUT2D eigenvalue weighted by Gasteiger charge is -2.24. The van der Waals surface area contributed by atoms with Crippen LogP contribution in [0.25, 0.3) is 0 Å². The minimum atomic E-state index is -0.484. The van der Waals surface area contributed by atoms with E-state index in [0.29, 0.717) is 17.3 Å². The molecule has 0 aromatic heterocycles. The van der Waals surface area contributed by atoms with Crippen molar-refractivity contribution in [2.75, 3.05) is 10.6 Å². The number of nitrogens with one attached hydrogen (secondary N) is 2. The maximum absolute atomic E-state index is 12.3. The van der Waals surface area contributed by atoms with E-state index in [4.69, 9.17) is 5.73 Å². The fraction of sp³-hybridized carbons (Fsp3) is 0.556. The number of hydrogen-bond acceptors (Lipinski definition) is 3. The van der Waals surface area contributed by atoms with Gasteiger partial charge in [0.25, 0.3) is 0 Å². The average molecular weight is 317 g/mol. The molecule has 1 saturated carbocycles. The maximum Gasteiger partial charge on any atom is 0.241 e. The summed E-state index contributed by atoms with van der Waals surface area (Å²) in [5.41, 5.74) is 8.39. The van der Waals surface area contributed by atoms with Crippen molar-refractivity contribution < 1.29 is 9.59 Å². The Labute approximate surface area is 138 Å². The topological polar surface area (TPSA) is 84.2 Å². The fourth-order valence-electron chi connectivity index (χ4n) is 3.15. The molecule has 0 spiro atoms. The summed E-state index contributed by atoms with van der Waals surface area (Å²) in [6.45, 7) is 3.37. The van der Waals surface area contributed by atoms with Gasteiger partial charge in [0.05, 0.1) is 6.04 Å². The molecular weight excluding hydrogens is 290 g/mol. The Morgan fingerprint density at radius 2 is 1.91 bits per heavy atom. The Kier molecular flexibility index (Phi) is 6.16. The van der Waals surface area contributed by atoms with Crippen LogP contribution in [0.15, 0.2) is 18.2 Å². The smallest absolute Gasteiger partial charge is 0.241 e. The van der Waals surface area contributed by atoms with Crippen LogP contribution < -0.4 is 16.4 Å². The molecule has 1 aliphatic carbocycles. The highest BCUT2D eigenvalue weighted by Gasteiger charge is 2.21. The van der Waals surface area contributed by atoms with Crippen molar-refractivity contribution in [2.24, 2.45) is 11.7 Å². The Bertz CT molecular complexity index is 565. The third-order valence-electron chi connectivity index (χ3n) is 4.46. The van der Waals surface area contributed by atoms with E-state index < -0.39 is 6.04 Å². The molecule has 5 heteroatoms. The Hall–Kier alpha value is -1.88. The van der Waals surface area contributed by atoms with Gasteiger partial charge in [-0.3, -0.25) is 9.59 Å². The molecule has 5 nitrogen and oxygen atoms in total. The number of carbonyl (C=O) groups excluding carboxylic acids is 2. The van der Waals surface area contributed by atoms with E-state index in [1.54, 1.807) is 6.07 Å². The Morgan fingerprint density at radius 1 is 1.22 bits per heavy atom. The zero-order valence-corrected chi connectivity index (χ0v) is 14.0. The molecule has 1 unspecified atom stereocenters. The van der Waals surface area contributed by atoms with Crippen molar-refractivity contribution in [3.05, 3.63) is 23.8 Å². The van der Waals surface area contributed by atoms with Crippen LogP contribution in [0.2, 0.25) is 0 Å². The SMILES string of the molecule is CC(=O)Nc1ccc(C)c(NC(=O)C(N)CC2CCCCC2)c1. The van der Waals surface area contributed by atoms with Crippen molar-refractivity contribution in [2.45, 2.75) is 58.4 Å². The van der Waals surface area contributed by atoms with Gasteiger partial charge >= 0.3 is 0 Å². The Morgan fingerprint density at radius 3 is 2.57 bits per heavy atom. The summed E-state index contributed by atoms with van der Waals surface area (Å²) in [5, 5.41) is 5.62. The van der Waals surface area contributed by atoms with Crippen LogP contribution in [-0.4, -0.2) is 17.9 Å². The Balaban J connectivity index is 1.96. The standard InChI is InChI=1S/C18H27N3O2/c1-12-8-9-15(20-13(2)22)11-17(12)21-18(23)16(19)10-14-6-4-3-5-7-14/h8-9,11,14,16H,3-7,10,19H2,1-2H3,(H,20,22)(H,21,23). The van der Waals surface area contributed by atoms with Gasteiger partial charge in [0, 0.05) is 18.3 Å². The number of hydrogen-bond donors (Lipinski definition) is 3. The van der Waals surface area contributed by atoms with E-state index in [2.05, 4.69) is 10.6 Å². The molecule has 1 fully saturated rings. The summed E-state index contributed by atoms with van der Waals surface area (Å²) in [6, 6.07) is 4.96. The highest BCUT2D eigenvalue weighted by molar-refractivity contribution is 5.96. The number of benzene rings is 1. The molecule has 0 aliphatic heterocycles. The first kappa shape index (κ1) is 17.5. The van der Waals surface area contributed by atoms with Gasteiger partial charge in [-0.25, -0.2) is 0 Å². The van der Waals surface area contributed by atoms with Crippen LogP contribution in [-0.2, 0) is 9.59 Å². The lowest BCUT2D eigenvalue weighted by Crippen LogP contribution is -2.37. The van der Waals surface area contributed by atoms with Gasteiger partial charge in [0.2, 0.25) is 11.8 Å². The van der Waals surface area contributed by atoms with Gasteiger partial charge in [-0.1, -0.05) is 38.2 Å². The number of rotatable bonds is 5. The van der Waals surface area contributed by atoms with Crippen molar-refractivity contribution in [1.29, 1.82) is 0 Å². The molecule has 1 atom stereocenters. The van der Waals surface area contributed by atoms with Gasteiger partial charge in [-0.2, -0.15) is 0 Å². The number of amides is 2. The highest BCUT2D eigenvalue weighted by atomic mass is 16.2. The third kappa shape index (κ3) is 5.36. The van der Waals surface area contributed by atoms with Gasteiger partial charge in [0.1, 0.15) is 0 Å². The second-order valence-electron chi connectivity index (χ2n) is 6.55. The first-order valence-electron chi connectivity index (χ1n) is 8.40. The first-order valence-corrected chi connectivity index (χ1v) is 8.40. The molecule has 1 aromatic carbocycles. The van der Waals surface area contributed by atoms with Crippen LogP contribution in [0.3, 0.4) is 0 Å². The summed E-state index contributed by atoms with van der Waals surface area (Å²) in [6.07, 6.45) is 6.90. The number of aryl methyl sites for hydroxylation is 1. The molecule has 4 N–H and O–H groups in total. The number of anilines is 2. The maximum atomic E-state index is 12.3. The molecule has 0 bridgehead atoms. The molecule has 1 aliphatic rings. The van der Waals surface area contributed by atoms with Crippen molar-refractivity contribution in [3.8, 4) is 0 Å². The molecular formula is C18H27N3O2. The molecule has 2 amide bonds. The summed E-state index contributed by atoms with van der Waals surface area (Å²) in [4.78, 5) is 23.5. The summed E-state index contributed by atoms with van der Waals surface area (Å²) < 4.78 is 0. The van der Waals surface area contributed by atoms with E-state index in [-0.39, 0.29) is 11.8 Å².